The molecule has 0 aliphatic carbocycles. The highest BCUT2D eigenvalue weighted by Crippen LogP contribution is 2.17. The van der Waals surface area contributed by atoms with Crippen LogP contribution in [0.2, 0.25) is 0 Å². The van der Waals surface area contributed by atoms with Gasteiger partial charge in [0.05, 0.1) is 12.1 Å². The Kier molecular flexibility index (Phi) is 2.95. The van der Waals surface area contributed by atoms with Gasteiger partial charge in [0.25, 0.3) is 0 Å². The zero-order chi connectivity index (χ0) is 11.5. The molecular weight excluding hydrogens is 234 g/mol. The van der Waals surface area contributed by atoms with Gasteiger partial charge < -0.3 is 11.1 Å². The molecule has 0 aromatic carbocycles. The molecule has 7 heteroatoms. The van der Waals surface area contributed by atoms with Gasteiger partial charge in [-0.2, -0.15) is 0 Å². The summed E-state index contributed by atoms with van der Waals surface area (Å²) in [6.45, 7) is 0.375. The summed E-state index contributed by atoms with van der Waals surface area (Å²) >= 11 is 1.43. The van der Waals surface area contributed by atoms with Crippen LogP contribution in [-0.4, -0.2) is 9.97 Å². The zero-order valence-electron chi connectivity index (χ0n) is 8.08. The SMILES string of the molecule is Nc1nc(NCc2cncs2)c(F)cc1F. The van der Waals surface area contributed by atoms with Crippen molar-refractivity contribution in [1.29, 1.82) is 0 Å². The van der Waals surface area contributed by atoms with Crippen LogP contribution in [0.15, 0.2) is 17.8 Å². The molecule has 2 aromatic rings. The predicted octanol–water partition coefficient (Wildman–Crippen LogP) is 2.01. The zero-order valence-corrected chi connectivity index (χ0v) is 8.89. The predicted molar refractivity (Wildman–Crippen MR) is 58.0 cm³/mol. The monoisotopic (exact) mass is 242 g/mol. The molecule has 0 fully saturated rings. The second-order valence-corrected chi connectivity index (χ2v) is 3.98. The molecule has 0 atom stereocenters. The minimum atomic E-state index is -0.860. The summed E-state index contributed by atoms with van der Waals surface area (Å²) in [6, 6.07) is 0.706. The number of hydrogen-bond donors (Lipinski definition) is 2. The molecule has 0 aliphatic heterocycles. The number of hydrogen-bond acceptors (Lipinski definition) is 5. The Morgan fingerprint density at radius 2 is 2.19 bits per heavy atom. The lowest BCUT2D eigenvalue weighted by Gasteiger charge is -2.06. The lowest BCUT2D eigenvalue weighted by molar-refractivity contribution is 0.579. The van der Waals surface area contributed by atoms with E-state index in [1.807, 2.05) is 0 Å². The lowest BCUT2D eigenvalue weighted by Crippen LogP contribution is -2.06. The summed E-state index contributed by atoms with van der Waals surface area (Å²) in [7, 11) is 0. The van der Waals surface area contributed by atoms with Crippen LogP contribution in [0.5, 0.6) is 0 Å². The number of pyridine rings is 1. The molecule has 0 aliphatic rings. The molecule has 0 amide bonds. The first kappa shape index (κ1) is 10.7. The molecule has 0 bridgehead atoms. The second-order valence-electron chi connectivity index (χ2n) is 3.01. The summed E-state index contributed by atoms with van der Waals surface area (Å²) in [5.74, 6) is -2.02. The van der Waals surface area contributed by atoms with Crippen LogP contribution in [0.3, 0.4) is 0 Å². The van der Waals surface area contributed by atoms with Crippen LogP contribution in [0, 0.1) is 11.6 Å². The van der Waals surface area contributed by atoms with Crippen molar-refractivity contribution in [2.45, 2.75) is 6.54 Å². The van der Waals surface area contributed by atoms with E-state index in [1.54, 1.807) is 11.7 Å². The molecule has 84 valence electrons. The Morgan fingerprint density at radius 3 is 2.88 bits per heavy atom. The molecule has 2 rings (SSSR count). The van der Waals surface area contributed by atoms with Gasteiger partial charge >= 0.3 is 0 Å². The fourth-order valence-corrected chi connectivity index (χ4v) is 1.64. The van der Waals surface area contributed by atoms with Crippen molar-refractivity contribution in [3.63, 3.8) is 0 Å². The Morgan fingerprint density at radius 1 is 1.38 bits per heavy atom. The number of aromatic nitrogens is 2. The highest BCUT2D eigenvalue weighted by atomic mass is 32.1. The van der Waals surface area contributed by atoms with Crippen molar-refractivity contribution < 1.29 is 8.78 Å². The maximum atomic E-state index is 13.2. The lowest BCUT2D eigenvalue weighted by atomic mass is 10.4. The summed E-state index contributed by atoms with van der Waals surface area (Å²) in [6.07, 6.45) is 1.66. The van der Waals surface area contributed by atoms with E-state index >= 15 is 0 Å². The van der Waals surface area contributed by atoms with E-state index < -0.39 is 11.6 Å². The smallest absolute Gasteiger partial charge is 0.168 e. The largest absolute Gasteiger partial charge is 0.381 e. The third-order valence-electron chi connectivity index (χ3n) is 1.87. The summed E-state index contributed by atoms with van der Waals surface area (Å²) in [5, 5.41) is 2.72. The van der Waals surface area contributed by atoms with Crippen molar-refractivity contribution in [2.75, 3.05) is 11.1 Å². The van der Waals surface area contributed by atoms with Gasteiger partial charge in [-0.05, 0) is 0 Å². The minimum Gasteiger partial charge on any atom is -0.381 e. The maximum absolute atomic E-state index is 13.2. The average molecular weight is 242 g/mol. The van der Waals surface area contributed by atoms with Crippen LogP contribution in [0.4, 0.5) is 20.4 Å². The van der Waals surface area contributed by atoms with Gasteiger partial charge in [0.15, 0.2) is 23.3 Å². The Labute approximate surface area is 94.2 Å². The molecule has 0 saturated carbocycles. The fourth-order valence-electron chi connectivity index (χ4n) is 1.11. The molecular formula is C9H8F2N4S. The number of nitrogen functional groups attached to an aromatic ring is 1. The van der Waals surface area contributed by atoms with Crippen LogP contribution in [0.1, 0.15) is 4.88 Å². The highest BCUT2D eigenvalue weighted by molar-refractivity contribution is 7.09. The van der Waals surface area contributed by atoms with E-state index in [0.29, 0.717) is 12.6 Å². The van der Waals surface area contributed by atoms with Gasteiger partial charge in [-0.15, -0.1) is 11.3 Å². The van der Waals surface area contributed by atoms with Gasteiger partial charge in [0, 0.05) is 17.1 Å². The fraction of sp³-hybridized carbons (Fsp3) is 0.111. The van der Waals surface area contributed by atoms with Gasteiger partial charge in [-0.25, -0.2) is 13.8 Å². The molecule has 0 unspecified atom stereocenters. The van der Waals surface area contributed by atoms with Gasteiger partial charge in [0.1, 0.15) is 0 Å². The van der Waals surface area contributed by atoms with E-state index in [9.17, 15) is 8.78 Å². The number of anilines is 2. The van der Waals surface area contributed by atoms with Crippen LogP contribution >= 0.6 is 11.3 Å². The van der Waals surface area contributed by atoms with Crippen LogP contribution < -0.4 is 11.1 Å². The first-order valence-corrected chi connectivity index (χ1v) is 5.27. The number of halogens is 2. The van der Waals surface area contributed by atoms with Gasteiger partial charge in [0.2, 0.25) is 0 Å². The van der Waals surface area contributed by atoms with E-state index in [0.717, 1.165) is 4.88 Å². The van der Waals surface area contributed by atoms with E-state index in [1.165, 1.54) is 11.3 Å². The van der Waals surface area contributed by atoms with E-state index in [-0.39, 0.29) is 11.6 Å². The van der Waals surface area contributed by atoms with E-state index in [2.05, 4.69) is 15.3 Å². The van der Waals surface area contributed by atoms with Gasteiger partial charge in [-0.1, -0.05) is 0 Å². The standard InChI is InChI=1S/C9H8F2N4S/c10-6-1-7(11)9(15-8(6)12)14-3-5-2-13-4-16-5/h1-2,4H,3H2,(H3,12,14,15). The summed E-state index contributed by atoms with van der Waals surface area (Å²) in [4.78, 5) is 8.36. The number of thiazole rings is 1. The molecule has 0 saturated heterocycles. The minimum absolute atomic E-state index is 0.0627. The van der Waals surface area contributed by atoms with Gasteiger partial charge in [-0.3, -0.25) is 4.98 Å². The van der Waals surface area contributed by atoms with Crippen LogP contribution in [0.25, 0.3) is 0 Å². The second kappa shape index (κ2) is 4.40. The Balaban J connectivity index is 2.12. The highest BCUT2D eigenvalue weighted by Gasteiger charge is 2.09. The van der Waals surface area contributed by atoms with Crippen molar-refractivity contribution in [1.82, 2.24) is 9.97 Å². The van der Waals surface area contributed by atoms with Crippen LogP contribution in [-0.2, 0) is 6.54 Å². The quantitative estimate of drug-likeness (QED) is 0.864. The Bertz CT molecular complexity index is 487. The average Bonchev–Trinajstić information content (AvgIpc) is 2.74. The van der Waals surface area contributed by atoms with Crippen molar-refractivity contribution in [2.24, 2.45) is 0 Å². The molecule has 2 aromatic heterocycles. The molecule has 0 radical (unpaired) electrons. The number of rotatable bonds is 3. The molecule has 2 heterocycles. The summed E-state index contributed by atoms with van der Waals surface area (Å²) < 4.78 is 26.0. The first-order chi connectivity index (χ1) is 7.66. The molecule has 3 N–H and O–H groups in total. The third-order valence-corrected chi connectivity index (χ3v) is 2.65. The first-order valence-electron chi connectivity index (χ1n) is 4.39. The summed E-state index contributed by atoms with van der Waals surface area (Å²) in [5.41, 5.74) is 6.90. The normalized spacial score (nSPS) is 10.4. The van der Waals surface area contributed by atoms with Crippen molar-refractivity contribution in [3.8, 4) is 0 Å². The Hall–Kier alpha value is -1.76. The van der Waals surface area contributed by atoms with Crippen molar-refractivity contribution >= 4 is 23.0 Å². The molecule has 4 nitrogen and oxygen atoms in total. The molecule has 0 spiro atoms. The maximum Gasteiger partial charge on any atom is 0.168 e. The van der Waals surface area contributed by atoms with Crippen molar-refractivity contribution in [3.05, 3.63) is 34.3 Å². The number of nitrogens with two attached hydrogens (primary N) is 1. The number of nitrogens with zero attached hydrogens (tertiary/aromatic N) is 2. The third kappa shape index (κ3) is 2.25. The topological polar surface area (TPSA) is 63.8 Å². The van der Waals surface area contributed by atoms with E-state index in [4.69, 9.17) is 5.73 Å². The number of nitrogens with one attached hydrogen (secondary N) is 1. The molecule has 16 heavy (non-hydrogen) atoms.